The summed E-state index contributed by atoms with van der Waals surface area (Å²) < 4.78 is 0. The van der Waals surface area contributed by atoms with Gasteiger partial charge in [0.25, 0.3) is 0 Å². The van der Waals surface area contributed by atoms with E-state index in [1.165, 1.54) is 6.08 Å². The monoisotopic (exact) mass is 281 g/mol. The molecule has 0 saturated heterocycles. The summed E-state index contributed by atoms with van der Waals surface area (Å²) in [4.78, 5) is 1.70. The Morgan fingerprint density at radius 2 is 1.95 bits per heavy atom. The molecule has 0 aromatic heterocycles. The van der Waals surface area contributed by atoms with Crippen molar-refractivity contribution >= 4 is 11.6 Å². The molecular formula is C14H16ClNO3. The van der Waals surface area contributed by atoms with Crippen LogP contribution in [0.25, 0.3) is 0 Å². The number of hydrogen-bond acceptors (Lipinski definition) is 4. The second kappa shape index (κ2) is 6.10. The van der Waals surface area contributed by atoms with E-state index in [1.807, 2.05) is 0 Å². The van der Waals surface area contributed by atoms with Gasteiger partial charge in [0.15, 0.2) is 0 Å². The molecule has 0 aliphatic carbocycles. The maximum absolute atomic E-state index is 10.4. The van der Waals surface area contributed by atoms with Crippen LogP contribution in [-0.4, -0.2) is 39.4 Å². The van der Waals surface area contributed by atoms with Crippen molar-refractivity contribution in [2.45, 2.75) is 12.1 Å². The summed E-state index contributed by atoms with van der Waals surface area (Å²) in [6, 6.07) is 6.22. The van der Waals surface area contributed by atoms with E-state index in [2.05, 4.69) is 0 Å². The molecule has 2 unspecified atom stereocenters. The summed E-state index contributed by atoms with van der Waals surface area (Å²) in [7, 11) is 0. The summed E-state index contributed by atoms with van der Waals surface area (Å²) in [6.07, 6.45) is 4.05. The lowest BCUT2D eigenvalue weighted by Crippen LogP contribution is -2.40. The molecule has 1 aromatic rings. The third-order valence-electron chi connectivity index (χ3n) is 3.07. The molecule has 2 rings (SSSR count). The summed E-state index contributed by atoms with van der Waals surface area (Å²) in [5.74, 6) is 0.0680. The van der Waals surface area contributed by atoms with Gasteiger partial charge in [0.2, 0.25) is 0 Å². The smallest absolute Gasteiger partial charge is 0.118 e. The summed E-state index contributed by atoms with van der Waals surface area (Å²) in [6.45, 7) is 0.283. The van der Waals surface area contributed by atoms with E-state index >= 15 is 0 Å². The maximum Gasteiger partial charge on any atom is 0.118 e. The lowest BCUT2D eigenvalue weighted by atomic mass is 9.98. The third-order valence-corrected chi connectivity index (χ3v) is 3.33. The molecule has 1 aliphatic rings. The fourth-order valence-electron chi connectivity index (χ4n) is 2.13. The van der Waals surface area contributed by atoms with Crippen molar-refractivity contribution in [2.24, 2.45) is 0 Å². The number of halogens is 1. The first-order valence-electron chi connectivity index (χ1n) is 6.01. The molecule has 0 amide bonds. The highest BCUT2D eigenvalue weighted by atomic mass is 35.5. The van der Waals surface area contributed by atoms with E-state index in [-0.39, 0.29) is 12.4 Å². The van der Waals surface area contributed by atoms with Crippen LogP contribution in [0.5, 0.6) is 0 Å². The Morgan fingerprint density at radius 1 is 1.26 bits per heavy atom. The van der Waals surface area contributed by atoms with Crippen LogP contribution in [0.3, 0.4) is 0 Å². The summed E-state index contributed by atoms with van der Waals surface area (Å²) in [5, 5.41) is 30.0. The maximum atomic E-state index is 10.4. The summed E-state index contributed by atoms with van der Waals surface area (Å²) >= 11 is 5.81. The summed E-state index contributed by atoms with van der Waals surface area (Å²) in [5.41, 5.74) is 0.660. The van der Waals surface area contributed by atoms with E-state index in [4.69, 9.17) is 16.7 Å². The minimum absolute atomic E-state index is 0.0541. The Kier molecular flexibility index (Phi) is 4.47. The largest absolute Gasteiger partial charge is 0.510 e. The van der Waals surface area contributed by atoms with Crippen LogP contribution in [0.15, 0.2) is 48.4 Å². The van der Waals surface area contributed by atoms with Crippen molar-refractivity contribution in [2.75, 3.05) is 13.2 Å². The molecule has 0 spiro atoms. The Morgan fingerprint density at radius 3 is 2.58 bits per heavy atom. The first-order valence-corrected chi connectivity index (χ1v) is 6.38. The first-order chi connectivity index (χ1) is 9.13. The average molecular weight is 282 g/mol. The lowest BCUT2D eigenvalue weighted by molar-refractivity contribution is 0.0590. The van der Waals surface area contributed by atoms with E-state index in [1.54, 1.807) is 41.4 Å². The lowest BCUT2D eigenvalue weighted by Gasteiger charge is -2.35. The van der Waals surface area contributed by atoms with Gasteiger partial charge < -0.3 is 20.2 Å². The van der Waals surface area contributed by atoms with Crippen LogP contribution >= 0.6 is 11.6 Å². The van der Waals surface area contributed by atoms with Gasteiger partial charge in [-0.05, 0) is 29.8 Å². The Bertz CT molecular complexity index is 484. The molecule has 1 aromatic carbocycles. The van der Waals surface area contributed by atoms with E-state index < -0.39 is 12.1 Å². The highest BCUT2D eigenvalue weighted by molar-refractivity contribution is 6.30. The molecule has 4 nitrogen and oxygen atoms in total. The molecule has 0 radical (unpaired) electrons. The van der Waals surface area contributed by atoms with Gasteiger partial charge in [-0.15, -0.1) is 0 Å². The Labute approximate surface area is 116 Å². The van der Waals surface area contributed by atoms with Crippen LogP contribution in [0.1, 0.15) is 11.7 Å². The van der Waals surface area contributed by atoms with Crippen LogP contribution in [0.2, 0.25) is 5.02 Å². The second-order valence-electron chi connectivity index (χ2n) is 4.34. The zero-order chi connectivity index (χ0) is 13.8. The number of rotatable bonds is 4. The molecule has 19 heavy (non-hydrogen) atoms. The van der Waals surface area contributed by atoms with Crippen LogP contribution in [0.4, 0.5) is 0 Å². The molecule has 1 aliphatic heterocycles. The fraction of sp³-hybridized carbons (Fsp3) is 0.286. The number of nitrogens with zero attached hydrogens (tertiary/aromatic N) is 1. The van der Waals surface area contributed by atoms with Crippen molar-refractivity contribution in [3.63, 3.8) is 0 Å². The number of benzene rings is 1. The van der Waals surface area contributed by atoms with Crippen molar-refractivity contribution in [1.82, 2.24) is 4.90 Å². The predicted molar refractivity (Wildman–Crippen MR) is 73.8 cm³/mol. The van der Waals surface area contributed by atoms with Crippen LogP contribution in [-0.2, 0) is 0 Å². The minimum Gasteiger partial charge on any atom is -0.510 e. The molecule has 5 heteroatoms. The Hall–Kier alpha value is -1.49. The highest BCUT2D eigenvalue weighted by Gasteiger charge is 2.30. The van der Waals surface area contributed by atoms with Crippen molar-refractivity contribution in [3.8, 4) is 0 Å². The van der Waals surface area contributed by atoms with Gasteiger partial charge in [-0.3, -0.25) is 0 Å². The average Bonchev–Trinajstić information content (AvgIpc) is 2.39. The molecule has 0 fully saturated rings. The van der Waals surface area contributed by atoms with Crippen LogP contribution < -0.4 is 0 Å². The van der Waals surface area contributed by atoms with Gasteiger partial charge in [-0.25, -0.2) is 0 Å². The number of hydrogen-bond donors (Lipinski definition) is 3. The molecule has 102 valence electrons. The number of β-amino-alcohol motifs (C(OH)–C–C–N with tert-alkyl or cyclic N) is 1. The van der Waals surface area contributed by atoms with E-state index in [0.29, 0.717) is 17.1 Å². The number of aliphatic hydroxyl groups is 3. The zero-order valence-corrected chi connectivity index (χ0v) is 11.0. The van der Waals surface area contributed by atoms with Gasteiger partial charge in [-0.1, -0.05) is 23.7 Å². The van der Waals surface area contributed by atoms with E-state index in [0.717, 1.165) is 0 Å². The molecule has 3 N–H and O–H groups in total. The van der Waals surface area contributed by atoms with Crippen molar-refractivity contribution in [1.29, 1.82) is 0 Å². The number of aliphatic hydroxyl groups excluding tert-OH is 3. The molecular weight excluding hydrogens is 266 g/mol. The quantitative estimate of drug-likeness (QED) is 0.790. The standard InChI is InChI=1S/C14H16ClNO3/c15-11-5-3-10(4-6-11)14(19)13-12(18)2-1-7-16(13)8-9-17/h1-7,13-14,17-19H,8-9H2. The van der Waals surface area contributed by atoms with Gasteiger partial charge in [0, 0.05) is 17.8 Å². The van der Waals surface area contributed by atoms with Gasteiger partial charge in [-0.2, -0.15) is 0 Å². The Balaban J connectivity index is 2.24. The van der Waals surface area contributed by atoms with Gasteiger partial charge >= 0.3 is 0 Å². The van der Waals surface area contributed by atoms with Gasteiger partial charge in [0.1, 0.15) is 17.9 Å². The fourth-order valence-corrected chi connectivity index (χ4v) is 2.25. The van der Waals surface area contributed by atoms with E-state index in [9.17, 15) is 10.2 Å². The molecule has 2 atom stereocenters. The second-order valence-corrected chi connectivity index (χ2v) is 4.77. The topological polar surface area (TPSA) is 63.9 Å². The van der Waals surface area contributed by atoms with Crippen LogP contribution in [0, 0.1) is 0 Å². The first kappa shape index (κ1) is 13.9. The number of allylic oxidation sites excluding steroid dienone is 2. The SMILES string of the molecule is OCCN1C=CC=C(O)C1C(O)c1ccc(Cl)cc1. The third kappa shape index (κ3) is 3.10. The normalized spacial score (nSPS) is 20.3. The van der Waals surface area contributed by atoms with Crippen molar-refractivity contribution < 1.29 is 15.3 Å². The van der Waals surface area contributed by atoms with Crippen molar-refractivity contribution in [3.05, 3.63) is 59.0 Å². The molecule has 1 heterocycles. The molecule has 0 saturated carbocycles. The molecule has 0 bridgehead atoms. The van der Waals surface area contributed by atoms with Gasteiger partial charge in [0.05, 0.1) is 6.61 Å². The zero-order valence-electron chi connectivity index (χ0n) is 10.3. The minimum atomic E-state index is -0.898. The predicted octanol–water partition coefficient (Wildman–Crippen LogP) is 2.01. The highest BCUT2D eigenvalue weighted by Crippen LogP contribution is 2.28.